The van der Waals surface area contributed by atoms with Crippen LogP contribution >= 0.6 is 0 Å². The monoisotopic (exact) mass is 532 g/mol. The summed E-state index contributed by atoms with van der Waals surface area (Å²) in [5, 5.41) is 2.79. The van der Waals surface area contributed by atoms with E-state index >= 15 is 0 Å². The van der Waals surface area contributed by atoms with Crippen LogP contribution in [-0.2, 0) is 14.8 Å². The topological polar surface area (TPSA) is 94.2 Å². The fourth-order valence-corrected chi connectivity index (χ4v) is 5.16. The molecule has 8 nitrogen and oxygen atoms in total. The van der Waals surface area contributed by atoms with Crippen LogP contribution < -0.4 is 23.8 Å². The molecule has 4 aromatic carbocycles. The van der Waals surface area contributed by atoms with Crippen molar-refractivity contribution in [1.29, 1.82) is 0 Å². The molecule has 1 N–H and O–H groups in total. The van der Waals surface area contributed by atoms with E-state index in [1.807, 2.05) is 25.1 Å². The SMILES string of the molecule is COc1ccc(S(=O)(=O)N(CC(=O)Nc2ccccc2Oc2ccccc2)c2ccc(C)cc2)cc1OC. The van der Waals surface area contributed by atoms with Crippen LogP contribution in [0.5, 0.6) is 23.0 Å². The van der Waals surface area contributed by atoms with Crippen LogP contribution in [0.2, 0.25) is 0 Å². The van der Waals surface area contributed by atoms with Gasteiger partial charge in [-0.05, 0) is 55.5 Å². The van der Waals surface area contributed by atoms with Crippen LogP contribution in [0.1, 0.15) is 5.56 Å². The third-order valence-corrected chi connectivity index (χ3v) is 7.45. The van der Waals surface area contributed by atoms with Crippen molar-refractivity contribution >= 4 is 27.3 Å². The van der Waals surface area contributed by atoms with Crippen LogP contribution in [0.4, 0.5) is 11.4 Å². The summed E-state index contributed by atoms with van der Waals surface area (Å²) < 4.78 is 45.1. The maximum Gasteiger partial charge on any atom is 0.264 e. The Hall–Kier alpha value is -4.50. The molecule has 0 aliphatic carbocycles. The van der Waals surface area contributed by atoms with Crippen molar-refractivity contribution in [1.82, 2.24) is 0 Å². The predicted octanol–water partition coefficient (Wildman–Crippen LogP) is 5.64. The molecule has 0 bridgehead atoms. The molecule has 0 fully saturated rings. The van der Waals surface area contributed by atoms with Gasteiger partial charge in [0.05, 0.1) is 30.5 Å². The molecule has 0 saturated carbocycles. The average Bonchev–Trinajstić information content (AvgIpc) is 2.93. The largest absolute Gasteiger partial charge is 0.493 e. The standard InChI is InChI=1S/C29H28N2O6S/c1-21-13-15-22(16-14-21)31(38(33,34)24-17-18-27(35-2)28(19-24)36-3)20-29(32)30-25-11-7-8-12-26(25)37-23-9-5-4-6-10-23/h4-19H,20H2,1-3H3,(H,30,32). The maximum atomic E-state index is 13.8. The zero-order valence-corrected chi connectivity index (χ0v) is 22.1. The van der Waals surface area contributed by atoms with Gasteiger partial charge in [-0.3, -0.25) is 9.10 Å². The molecule has 0 saturated heterocycles. The quantitative estimate of drug-likeness (QED) is 0.284. The number of nitrogens with zero attached hydrogens (tertiary/aromatic N) is 1. The summed E-state index contributed by atoms with van der Waals surface area (Å²) in [6.45, 7) is 1.42. The number of benzene rings is 4. The molecule has 0 aliphatic heterocycles. The number of amides is 1. The molecule has 4 rings (SSSR count). The second kappa shape index (κ2) is 11.7. The van der Waals surface area contributed by atoms with Crippen LogP contribution in [0.25, 0.3) is 0 Å². The van der Waals surface area contributed by atoms with Gasteiger partial charge in [0.25, 0.3) is 10.0 Å². The van der Waals surface area contributed by atoms with Crippen molar-refractivity contribution < 1.29 is 27.4 Å². The van der Waals surface area contributed by atoms with E-state index in [1.54, 1.807) is 60.7 Å². The first kappa shape index (κ1) is 26.6. The zero-order chi connectivity index (χ0) is 27.1. The summed E-state index contributed by atoms with van der Waals surface area (Å²) in [6, 6.07) is 27.3. The molecule has 4 aromatic rings. The molecular weight excluding hydrogens is 504 g/mol. The van der Waals surface area contributed by atoms with Gasteiger partial charge < -0.3 is 19.5 Å². The molecule has 0 spiro atoms. The summed E-state index contributed by atoms with van der Waals surface area (Å²) >= 11 is 0. The molecule has 1 amide bonds. The average molecular weight is 533 g/mol. The Kier molecular flexibility index (Phi) is 8.18. The number of para-hydroxylation sites is 3. The molecule has 0 aliphatic rings. The van der Waals surface area contributed by atoms with Gasteiger partial charge in [-0.1, -0.05) is 48.0 Å². The maximum absolute atomic E-state index is 13.8. The Labute approximate surface area is 222 Å². The van der Waals surface area contributed by atoms with Gasteiger partial charge in [-0.25, -0.2) is 8.42 Å². The Morgan fingerprint density at radius 2 is 1.45 bits per heavy atom. The fourth-order valence-electron chi connectivity index (χ4n) is 3.72. The number of nitrogens with one attached hydrogen (secondary N) is 1. The Bertz CT molecular complexity index is 1510. The van der Waals surface area contributed by atoms with Gasteiger partial charge in [0.1, 0.15) is 12.3 Å². The Morgan fingerprint density at radius 1 is 0.789 bits per heavy atom. The van der Waals surface area contributed by atoms with Crippen LogP contribution in [-0.4, -0.2) is 35.1 Å². The lowest BCUT2D eigenvalue weighted by molar-refractivity contribution is -0.114. The second-order valence-corrected chi connectivity index (χ2v) is 10.2. The number of carbonyl (C=O) groups is 1. The number of methoxy groups -OCH3 is 2. The van der Waals surface area contributed by atoms with Gasteiger partial charge in [0.15, 0.2) is 17.2 Å². The fraction of sp³-hybridized carbons (Fsp3) is 0.138. The number of hydrogen-bond acceptors (Lipinski definition) is 6. The number of hydrogen-bond donors (Lipinski definition) is 1. The molecule has 0 aromatic heterocycles. The van der Waals surface area contributed by atoms with E-state index in [-0.39, 0.29) is 10.6 Å². The summed E-state index contributed by atoms with van der Waals surface area (Å²) in [5.41, 5.74) is 1.71. The van der Waals surface area contributed by atoms with Crippen molar-refractivity contribution in [2.75, 3.05) is 30.4 Å². The van der Waals surface area contributed by atoms with E-state index < -0.39 is 22.5 Å². The van der Waals surface area contributed by atoms with E-state index in [9.17, 15) is 13.2 Å². The van der Waals surface area contributed by atoms with Crippen LogP contribution in [0.3, 0.4) is 0 Å². The van der Waals surface area contributed by atoms with E-state index in [1.165, 1.54) is 32.4 Å². The lowest BCUT2D eigenvalue weighted by Crippen LogP contribution is -2.38. The van der Waals surface area contributed by atoms with Gasteiger partial charge >= 0.3 is 0 Å². The molecule has 0 radical (unpaired) electrons. The molecule has 196 valence electrons. The smallest absolute Gasteiger partial charge is 0.264 e. The van der Waals surface area contributed by atoms with Crippen LogP contribution in [0.15, 0.2) is 102 Å². The number of sulfonamides is 1. The molecule has 0 atom stereocenters. The Balaban J connectivity index is 1.65. The summed E-state index contributed by atoms with van der Waals surface area (Å²) in [4.78, 5) is 13.2. The third kappa shape index (κ3) is 6.07. The highest BCUT2D eigenvalue weighted by atomic mass is 32.2. The van der Waals surface area contributed by atoms with Gasteiger partial charge in [0, 0.05) is 6.07 Å². The van der Waals surface area contributed by atoms with E-state index in [0.717, 1.165) is 9.87 Å². The molecule has 0 heterocycles. The van der Waals surface area contributed by atoms with Crippen molar-refractivity contribution in [2.24, 2.45) is 0 Å². The summed E-state index contributed by atoms with van der Waals surface area (Å²) in [6.07, 6.45) is 0. The molecule has 38 heavy (non-hydrogen) atoms. The normalized spacial score (nSPS) is 10.9. The van der Waals surface area contributed by atoms with E-state index in [4.69, 9.17) is 14.2 Å². The van der Waals surface area contributed by atoms with Crippen molar-refractivity contribution in [3.8, 4) is 23.0 Å². The number of aryl methyl sites for hydroxylation is 1. The molecular formula is C29H28N2O6S. The van der Waals surface area contributed by atoms with Crippen molar-refractivity contribution in [2.45, 2.75) is 11.8 Å². The number of carbonyl (C=O) groups excluding carboxylic acids is 1. The second-order valence-electron chi connectivity index (χ2n) is 8.32. The number of anilines is 2. The first-order valence-electron chi connectivity index (χ1n) is 11.7. The predicted molar refractivity (Wildman–Crippen MR) is 147 cm³/mol. The minimum absolute atomic E-state index is 0.0451. The van der Waals surface area contributed by atoms with Crippen LogP contribution in [0, 0.1) is 6.92 Å². The molecule has 9 heteroatoms. The highest BCUT2D eigenvalue weighted by Gasteiger charge is 2.28. The van der Waals surface area contributed by atoms with E-state index in [2.05, 4.69) is 5.32 Å². The minimum Gasteiger partial charge on any atom is -0.493 e. The zero-order valence-electron chi connectivity index (χ0n) is 21.2. The van der Waals surface area contributed by atoms with E-state index in [0.29, 0.717) is 28.6 Å². The molecule has 0 unspecified atom stereocenters. The van der Waals surface area contributed by atoms with Gasteiger partial charge in [-0.2, -0.15) is 0 Å². The summed E-state index contributed by atoms with van der Waals surface area (Å²) in [7, 11) is -1.27. The lowest BCUT2D eigenvalue weighted by atomic mass is 10.2. The highest BCUT2D eigenvalue weighted by molar-refractivity contribution is 7.92. The lowest BCUT2D eigenvalue weighted by Gasteiger charge is -2.25. The van der Waals surface area contributed by atoms with Crippen molar-refractivity contribution in [3.63, 3.8) is 0 Å². The van der Waals surface area contributed by atoms with Crippen molar-refractivity contribution in [3.05, 3.63) is 103 Å². The highest BCUT2D eigenvalue weighted by Crippen LogP contribution is 2.33. The van der Waals surface area contributed by atoms with Gasteiger partial charge in [0.2, 0.25) is 5.91 Å². The number of rotatable bonds is 10. The third-order valence-electron chi connectivity index (χ3n) is 5.68. The first-order valence-corrected chi connectivity index (χ1v) is 13.2. The Morgan fingerprint density at radius 3 is 2.13 bits per heavy atom. The van der Waals surface area contributed by atoms with Gasteiger partial charge in [-0.15, -0.1) is 0 Å². The minimum atomic E-state index is -4.16. The summed E-state index contributed by atoms with van der Waals surface area (Å²) in [5.74, 6) is 1.14. The first-order chi connectivity index (χ1) is 18.3. The number of ether oxygens (including phenoxy) is 3.